The molecular formula is C24H22FN3O2. The fourth-order valence-electron chi connectivity index (χ4n) is 3.65. The number of halogens is 1. The smallest absolute Gasteiger partial charge is 0.242 e. The molecule has 3 aromatic rings. The molecule has 0 bridgehead atoms. The summed E-state index contributed by atoms with van der Waals surface area (Å²) in [6.07, 6.45) is 0.0228. The summed E-state index contributed by atoms with van der Waals surface area (Å²) >= 11 is 0. The van der Waals surface area contributed by atoms with Crippen molar-refractivity contribution in [1.29, 1.82) is 0 Å². The van der Waals surface area contributed by atoms with Gasteiger partial charge in [0, 0.05) is 25.2 Å². The van der Waals surface area contributed by atoms with Gasteiger partial charge in [-0.1, -0.05) is 66.7 Å². The van der Waals surface area contributed by atoms with Gasteiger partial charge < -0.3 is 5.32 Å². The van der Waals surface area contributed by atoms with Crippen molar-refractivity contribution in [1.82, 2.24) is 10.4 Å². The van der Waals surface area contributed by atoms with Crippen molar-refractivity contribution < 1.29 is 14.0 Å². The molecule has 2 N–H and O–H groups in total. The first-order valence-electron chi connectivity index (χ1n) is 9.81. The van der Waals surface area contributed by atoms with E-state index >= 15 is 0 Å². The second-order valence-corrected chi connectivity index (χ2v) is 7.34. The Morgan fingerprint density at radius 2 is 1.57 bits per heavy atom. The Kier molecular flexibility index (Phi) is 5.86. The SMILES string of the molecule is O=C1C[C@@H](C(=O)NN(Cc2ccccc2)Cc2ccccc2)c2ccc(F)cc2N1. The van der Waals surface area contributed by atoms with E-state index in [1.54, 1.807) is 6.07 Å². The highest BCUT2D eigenvalue weighted by atomic mass is 19.1. The molecule has 0 fully saturated rings. The van der Waals surface area contributed by atoms with Crippen molar-refractivity contribution in [3.8, 4) is 0 Å². The van der Waals surface area contributed by atoms with Gasteiger partial charge in [0.05, 0.1) is 5.92 Å². The topological polar surface area (TPSA) is 61.4 Å². The number of carbonyl (C=O) groups excluding carboxylic acids is 2. The average molecular weight is 403 g/mol. The van der Waals surface area contributed by atoms with E-state index in [1.165, 1.54) is 12.1 Å². The molecule has 1 aliphatic heterocycles. The summed E-state index contributed by atoms with van der Waals surface area (Å²) in [7, 11) is 0. The zero-order valence-corrected chi connectivity index (χ0v) is 16.3. The molecule has 5 nitrogen and oxygen atoms in total. The fourth-order valence-corrected chi connectivity index (χ4v) is 3.65. The van der Waals surface area contributed by atoms with E-state index in [4.69, 9.17) is 0 Å². The second-order valence-electron chi connectivity index (χ2n) is 7.34. The van der Waals surface area contributed by atoms with Gasteiger partial charge in [-0.15, -0.1) is 0 Å². The van der Waals surface area contributed by atoms with Crippen LogP contribution in [-0.2, 0) is 22.7 Å². The number of hydrogen-bond donors (Lipinski definition) is 2. The molecule has 0 unspecified atom stereocenters. The molecule has 2 amide bonds. The number of nitrogens with zero attached hydrogens (tertiary/aromatic N) is 1. The molecular weight excluding hydrogens is 381 g/mol. The Labute approximate surface area is 174 Å². The summed E-state index contributed by atoms with van der Waals surface area (Å²) in [5.41, 5.74) is 6.06. The highest BCUT2D eigenvalue weighted by Crippen LogP contribution is 2.33. The number of anilines is 1. The molecule has 1 heterocycles. The van der Waals surface area contributed by atoms with Crippen LogP contribution in [0.15, 0.2) is 78.9 Å². The van der Waals surface area contributed by atoms with Gasteiger partial charge >= 0.3 is 0 Å². The predicted molar refractivity (Wildman–Crippen MR) is 113 cm³/mol. The maximum Gasteiger partial charge on any atom is 0.242 e. The lowest BCUT2D eigenvalue weighted by Crippen LogP contribution is -2.45. The maximum absolute atomic E-state index is 13.6. The third kappa shape index (κ3) is 4.72. The molecule has 0 saturated heterocycles. The number of rotatable bonds is 6. The fraction of sp³-hybridized carbons (Fsp3) is 0.167. The average Bonchev–Trinajstić information content (AvgIpc) is 2.74. The molecule has 0 aliphatic carbocycles. The van der Waals surface area contributed by atoms with Gasteiger partial charge in [-0.3, -0.25) is 15.0 Å². The number of hydrogen-bond acceptors (Lipinski definition) is 3. The Balaban J connectivity index is 1.56. The molecule has 0 radical (unpaired) electrons. The van der Waals surface area contributed by atoms with E-state index in [1.807, 2.05) is 65.7 Å². The van der Waals surface area contributed by atoms with Crippen LogP contribution < -0.4 is 10.7 Å². The number of carbonyl (C=O) groups is 2. The monoisotopic (exact) mass is 403 g/mol. The molecule has 0 spiro atoms. The van der Waals surface area contributed by atoms with Crippen LogP contribution in [0.3, 0.4) is 0 Å². The van der Waals surface area contributed by atoms with Crippen molar-refractivity contribution >= 4 is 17.5 Å². The lowest BCUT2D eigenvalue weighted by molar-refractivity contribution is -0.130. The molecule has 0 aromatic heterocycles. The zero-order valence-electron chi connectivity index (χ0n) is 16.3. The summed E-state index contributed by atoms with van der Waals surface area (Å²) in [5, 5.41) is 4.48. The lowest BCUT2D eigenvalue weighted by atomic mass is 9.90. The quantitative estimate of drug-likeness (QED) is 0.612. The van der Waals surface area contributed by atoms with Gasteiger partial charge in [-0.05, 0) is 28.8 Å². The number of hydrazine groups is 1. The van der Waals surface area contributed by atoms with Crippen LogP contribution in [0.2, 0.25) is 0 Å². The van der Waals surface area contributed by atoms with Crippen LogP contribution in [0, 0.1) is 5.82 Å². The highest BCUT2D eigenvalue weighted by molar-refractivity contribution is 6.01. The first-order valence-corrected chi connectivity index (χ1v) is 9.81. The molecule has 1 aliphatic rings. The van der Waals surface area contributed by atoms with E-state index in [-0.39, 0.29) is 18.2 Å². The van der Waals surface area contributed by atoms with Crippen molar-refractivity contribution in [2.75, 3.05) is 5.32 Å². The van der Waals surface area contributed by atoms with Crippen molar-refractivity contribution in [3.63, 3.8) is 0 Å². The Bertz CT molecular complexity index is 999. The van der Waals surface area contributed by atoms with Gasteiger partial charge in [0.1, 0.15) is 5.82 Å². The summed E-state index contributed by atoms with van der Waals surface area (Å²) < 4.78 is 13.6. The normalized spacial score (nSPS) is 15.4. The number of nitrogens with one attached hydrogen (secondary N) is 2. The molecule has 3 aromatic carbocycles. The van der Waals surface area contributed by atoms with Crippen molar-refractivity contribution in [2.24, 2.45) is 0 Å². The van der Waals surface area contributed by atoms with Crippen LogP contribution in [0.5, 0.6) is 0 Å². The van der Waals surface area contributed by atoms with Crippen LogP contribution in [0.25, 0.3) is 0 Å². The van der Waals surface area contributed by atoms with E-state index in [2.05, 4.69) is 10.7 Å². The van der Waals surface area contributed by atoms with Crippen molar-refractivity contribution in [3.05, 3.63) is 101 Å². The first kappa shape index (κ1) is 19.8. The van der Waals surface area contributed by atoms with E-state index in [9.17, 15) is 14.0 Å². The first-order chi connectivity index (χ1) is 14.6. The Morgan fingerprint density at radius 3 is 2.17 bits per heavy atom. The van der Waals surface area contributed by atoms with E-state index in [0.29, 0.717) is 24.3 Å². The summed E-state index contributed by atoms with van der Waals surface area (Å²) in [6.45, 7) is 1.02. The minimum Gasteiger partial charge on any atom is -0.326 e. The Morgan fingerprint density at radius 1 is 0.967 bits per heavy atom. The number of benzene rings is 3. The minimum absolute atomic E-state index is 0.0228. The maximum atomic E-state index is 13.6. The molecule has 6 heteroatoms. The van der Waals surface area contributed by atoms with Gasteiger partial charge in [-0.25, -0.2) is 9.40 Å². The molecule has 1 atom stereocenters. The summed E-state index contributed by atoms with van der Waals surface area (Å²) in [6, 6.07) is 23.8. The van der Waals surface area contributed by atoms with Crippen molar-refractivity contribution in [2.45, 2.75) is 25.4 Å². The summed E-state index contributed by atoms with van der Waals surface area (Å²) in [5.74, 6) is -1.72. The molecule has 30 heavy (non-hydrogen) atoms. The summed E-state index contributed by atoms with van der Waals surface area (Å²) in [4.78, 5) is 25.2. The molecule has 152 valence electrons. The third-order valence-electron chi connectivity index (χ3n) is 5.07. The minimum atomic E-state index is -0.677. The van der Waals surface area contributed by atoms with Gasteiger partial charge in [-0.2, -0.15) is 0 Å². The number of fused-ring (bicyclic) bond motifs is 1. The number of amides is 2. The van der Waals surface area contributed by atoms with E-state index in [0.717, 1.165) is 11.1 Å². The van der Waals surface area contributed by atoms with Crippen LogP contribution >= 0.6 is 0 Å². The zero-order chi connectivity index (χ0) is 20.9. The molecule has 0 saturated carbocycles. The predicted octanol–water partition coefficient (Wildman–Crippen LogP) is 3.99. The second kappa shape index (κ2) is 8.88. The standard InChI is InChI=1S/C24H22FN3O2/c25-19-11-12-20-21(14-23(29)26-22(20)13-19)24(30)27-28(15-17-7-3-1-4-8-17)16-18-9-5-2-6-10-18/h1-13,21H,14-16H2,(H,26,29)(H,27,30)/t21-/m1/s1. The Hall–Kier alpha value is -3.51. The van der Waals surface area contributed by atoms with Gasteiger partial charge in [0.2, 0.25) is 11.8 Å². The lowest BCUT2D eigenvalue weighted by Gasteiger charge is -2.29. The van der Waals surface area contributed by atoms with Gasteiger partial charge in [0.15, 0.2) is 0 Å². The largest absolute Gasteiger partial charge is 0.326 e. The van der Waals surface area contributed by atoms with Crippen LogP contribution in [0.1, 0.15) is 29.0 Å². The van der Waals surface area contributed by atoms with Crippen LogP contribution in [-0.4, -0.2) is 16.8 Å². The third-order valence-corrected chi connectivity index (χ3v) is 5.07. The van der Waals surface area contributed by atoms with Gasteiger partial charge in [0.25, 0.3) is 0 Å². The van der Waals surface area contributed by atoms with Crippen LogP contribution in [0.4, 0.5) is 10.1 Å². The molecule has 4 rings (SSSR count). The van der Waals surface area contributed by atoms with E-state index < -0.39 is 11.7 Å². The highest BCUT2D eigenvalue weighted by Gasteiger charge is 2.31.